The number of hydrogen-bond donors (Lipinski definition) is 2. The van der Waals surface area contributed by atoms with E-state index in [4.69, 9.17) is 0 Å². The van der Waals surface area contributed by atoms with Gasteiger partial charge in [0.15, 0.2) is 0 Å². The predicted octanol–water partition coefficient (Wildman–Crippen LogP) is 3.63. The Kier molecular flexibility index (Phi) is 3.51. The number of nitro groups is 1. The van der Waals surface area contributed by atoms with Crippen LogP contribution in [0.15, 0.2) is 18.2 Å². The smallest absolute Gasteiger partial charge is 0.273 e. The van der Waals surface area contributed by atoms with E-state index in [1.807, 2.05) is 13.0 Å². The van der Waals surface area contributed by atoms with Crippen LogP contribution in [0.2, 0.25) is 0 Å². The summed E-state index contributed by atoms with van der Waals surface area (Å²) < 4.78 is 0. The molecule has 3 atom stereocenters. The van der Waals surface area contributed by atoms with Gasteiger partial charge in [-0.05, 0) is 44.1 Å². The van der Waals surface area contributed by atoms with E-state index in [9.17, 15) is 10.1 Å². The van der Waals surface area contributed by atoms with Crippen LogP contribution >= 0.6 is 0 Å². The van der Waals surface area contributed by atoms with Crippen LogP contribution < -0.4 is 10.6 Å². The number of benzene rings is 1. The Labute approximate surface area is 118 Å². The zero-order valence-electron chi connectivity index (χ0n) is 11.8. The van der Waals surface area contributed by atoms with Crippen molar-refractivity contribution in [3.8, 4) is 0 Å². The highest BCUT2D eigenvalue weighted by atomic mass is 16.6. The predicted molar refractivity (Wildman–Crippen MR) is 80.1 cm³/mol. The van der Waals surface area contributed by atoms with Crippen LogP contribution in [0.3, 0.4) is 0 Å². The van der Waals surface area contributed by atoms with Crippen LogP contribution in [0.25, 0.3) is 0 Å². The molecule has 0 heterocycles. The summed E-state index contributed by atoms with van der Waals surface area (Å²) in [4.78, 5) is 10.7. The fraction of sp³-hybridized carbons (Fsp3) is 0.600. The Morgan fingerprint density at radius 3 is 2.65 bits per heavy atom. The molecule has 0 saturated heterocycles. The first-order valence-corrected chi connectivity index (χ1v) is 7.45. The second-order valence-corrected chi connectivity index (χ2v) is 5.98. The second-order valence-electron chi connectivity index (χ2n) is 5.98. The molecular formula is C15H21N3O2. The van der Waals surface area contributed by atoms with Crippen LogP contribution in [0, 0.1) is 22.0 Å². The molecule has 2 aliphatic carbocycles. The van der Waals surface area contributed by atoms with Crippen molar-refractivity contribution in [3.05, 3.63) is 28.3 Å². The van der Waals surface area contributed by atoms with Gasteiger partial charge in [0.2, 0.25) is 0 Å². The Bertz CT molecular complexity index is 518. The van der Waals surface area contributed by atoms with Gasteiger partial charge >= 0.3 is 0 Å². The van der Waals surface area contributed by atoms with Crippen molar-refractivity contribution < 1.29 is 4.92 Å². The molecule has 0 amide bonds. The van der Waals surface area contributed by atoms with Gasteiger partial charge < -0.3 is 10.6 Å². The van der Waals surface area contributed by atoms with Crippen molar-refractivity contribution in [2.75, 3.05) is 17.2 Å². The minimum atomic E-state index is -0.327. The van der Waals surface area contributed by atoms with Crippen LogP contribution in [0.5, 0.6) is 0 Å². The molecule has 0 aromatic heterocycles. The summed E-state index contributed by atoms with van der Waals surface area (Å²) in [5.74, 6) is 1.62. The fourth-order valence-corrected chi connectivity index (χ4v) is 3.74. The van der Waals surface area contributed by atoms with Crippen LogP contribution in [-0.4, -0.2) is 17.5 Å². The van der Waals surface area contributed by atoms with E-state index in [1.165, 1.54) is 25.7 Å². The molecule has 2 saturated carbocycles. The molecule has 2 bridgehead atoms. The SMILES string of the molecule is CCNc1cc(NC2CC3CCC2C3)cc([N+](=O)[O-])c1. The maximum absolute atomic E-state index is 11.0. The highest BCUT2D eigenvalue weighted by molar-refractivity contribution is 5.63. The first kappa shape index (κ1) is 13.2. The third-order valence-electron chi connectivity index (χ3n) is 4.60. The van der Waals surface area contributed by atoms with Gasteiger partial charge in [-0.15, -0.1) is 0 Å². The van der Waals surface area contributed by atoms with Crippen molar-refractivity contribution in [1.29, 1.82) is 0 Å². The molecule has 0 spiro atoms. The van der Waals surface area contributed by atoms with Crippen molar-refractivity contribution >= 4 is 17.1 Å². The summed E-state index contributed by atoms with van der Waals surface area (Å²) in [6.07, 6.45) is 5.20. The Hall–Kier alpha value is -1.78. The molecule has 2 aliphatic rings. The molecule has 2 N–H and O–H groups in total. The minimum Gasteiger partial charge on any atom is -0.385 e. The first-order chi connectivity index (χ1) is 9.65. The van der Waals surface area contributed by atoms with E-state index < -0.39 is 0 Å². The normalized spacial score (nSPS) is 27.6. The summed E-state index contributed by atoms with van der Waals surface area (Å²) >= 11 is 0. The number of fused-ring (bicyclic) bond motifs is 2. The van der Waals surface area contributed by atoms with Gasteiger partial charge in [0, 0.05) is 36.1 Å². The van der Waals surface area contributed by atoms with Crippen molar-refractivity contribution in [3.63, 3.8) is 0 Å². The van der Waals surface area contributed by atoms with Gasteiger partial charge in [-0.2, -0.15) is 0 Å². The third kappa shape index (κ3) is 2.57. The lowest BCUT2D eigenvalue weighted by atomic mass is 9.95. The average Bonchev–Trinajstić information content (AvgIpc) is 3.01. The molecule has 20 heavy (non-hydrogen) atoms. The second kappa shape index (κ2) is 5.31. The van der Waals surface area contributed by atoms with E-state index in [2.05, 4.69) is 10.6 Å². The standard InChI is InChI=1S/C15H21N3O2/c1-2-16-12-7-13(9-14(8-12)18(19)20)17-15-6-10-3-4-11(15)5-10/h7-11,15-17H,2-6H2,1H3. The van der Waals surface area contributed by atoms with Gasteiger partial charge in [-0.3, -0.25) is 10.1 Å². The number of nitrogens with zero attached hydrogens (tertiary/aromatic N) is 1. The monoisotopic (exact) mass is 275 g/mol. The highest BCUT2D eigenvalue weighted by Gasteiger charge is 2.39. The van der Waals surface area contributed by atoms with Crippen LogP contribution in [0.4, 0.5) is 17.1 Å². The summed E-state index contributed by atoms with van der Waals surface area (Å²) in [5, 5.41) is 17.7. The maximum Gasteiger partial charge on any atom is 0.273 e. The van der Waals surface area contributed by atoms with Crippen LogP contribution in [0.1, 0.15) is 32.6 Å². The van der Waals surface area contributed by atoms with Crippen LogP contribution in [-0.2, 0) is 0 Å². The topological polar surface area (TPSA) is 67.2 Å². The Morgan fingerprint density at radius 2 is 2.05 bits per heavy atom. The number of nitro benzene ring substituents is 1. The number of non-ortho nitro benzene ring substituents is 1. The molecule has 1 aromatic carbocycles. The largest absolute Gasteiger partial charge is 0.385 e. The third-order valence-corrected chi connectivity index (χ3v) is 4.60. The van der Waals surface area contributed by atoms with Crippen molar-refractivity contribution in [2.45, 2.75) is 38.6 Å². The number of hydrogen-bond acceptors (Lipinski definition) is 4. The van der Waals surface area contributed by atoms with Crippen molar-refractivity contribution in [1.82, 2.24) is 0 Å². The zero-order valence-corrected chi connectivity index (χ0v) is 11.8. The Balaban J connectivity index is 1.79. The van der Waals surface area contributed by atoms with E-state index in [-0.39, 0.29) is 10.6 Å². The summed E-state index contributed by atoms with van der Waals surface area (Å²) in [5.41, 5.74) is 1.83. The molecule has 108 valence electrons. The Morgan fingerprint density at radius 1 is 1.25 bits per heavy atom. The molecular weight excluding hydrogens is 254 g/mol. The highest BCUT2D eigenvalue weighted by Crippen LogP contribution is 2.45. The molecule has 0 aliphatic heterocycles. The molecule has 2 fully saturated rings. The molecule has 3 rings (SSSR count). The average molecular weight is 275 g/mol. The van der Waals surface area contributed by atoms with Crippen molar-refractivity contribution in [2.24, 2.45) is 11.8 Å². The zero-order chi connectivity index (χ0) is 14.1. The lowest BCUT2D eigenvalue weighted by molar-refractivity contribution is -0.384. The van der Waals surface area contributed by atoms with Gasteiger partial charge in [-0.1, -0.05) is 6.42 Å². The molecule has 1 aromatic rings. The number of anilines is 2. The van der Waals surface area contributed by atoms with E-state index in [0.29, 0.717) is 6.04 Å². The van der Waals surface area contributed by atoms with Gasteiger partial charge in [0.1, 0.15) is 0 Å². The van der Waals surface area contributed by atoms with Gasteiger partial charge in [0.05, 0.1) is 4.92 Å². The molecule has 5 heteroatoms. The minimum absolute atomic E-state index is 0.147. The molecule has 3 unspecified atom stereocenters. The van der Waals surface area contributed by atoms with E-state index in [0.717, 1.165) is 29.8 Å². The number of rotatable bonds is 5. The summed E-state index contributed by atoms with van der Waals surface area (Å²) in [6, 6.07) is 5.70. The lowest BCUT2D eigenvalue weighted by Gasteiger charge is -2.24. The van der Waals surface area contributed by atoms with Gasteiger partial charge in [0.25, 0.3) is 5.69 Å². The lowest BCUT2D eigenvalue weighted by Crippen LogP contribution is -2.25. The maximum atomic E-state index is 11.0. The number of nitrogens with one attached hydrogen (secondary N) is 2. The molecule has 5 nitrogen and oxygen atoms in total. The molecule has 0 radical (unpaired) electrons. The fourth-order valence-electron chi connectivity index (χ4n) is 3.74. The van der Waals surface area contributed by atoms with Gasteiger partial charge in [-0.25, -0.2) is 0 Å². The van der Waals surface area contributed by atoms with E-state index >= 15 is 0 Å². The quantitative estimate of drug-likeness (QED) is 0.636. The first-order valence-electron chi connectivity index (χ1n) is 7.45. The summed E-state index contributed by atoms with van der Waals surface area (Å²) in [6.45, 7) is 2.75. The summed E-state index contributed by atoms with van der Waals surface area (Å²) in [7, 11) is 0. The van der Waals surface area contributed by atoms with E-state index in [1.54, 1.807) is 12.1 Å².